The average Bonchev–Trinajstić information content (AvgIpc) is 3.52. The third-order valence-electron chi connectivity index (χ3n) is 5.99. The van der Waals surface area contributed by atoms with Crippen LogP contribution in [0.15, 0.2) is 53.3 Å². The molecule has 0 fully saturated rings. The van der Waals surface area contributed by atoms with Crippen molar-refractivity contribution in [1.82, 2.24) is 30.4 Å². The number of aromatic amines is 1. The van der Waals surface area contributed by atoms with Crippen molar-refractivity contribution in [2.75, 3.05) is 19.8 Å². The summed E-state index contributed by atoms with van der Waals surface area (Å²) in [6, 6.07) is 15.1. The van der Waals surface area contributed by atoms with Gasteiger partial charge in [-0.25, -0.2) is 4.68 Å². The van der Waals surface area contributed by atoms with E-state index in [1.165, 1.54) is 0 Å². The fraction of sp³-hybridized carbons (Fsp3) is 0.321. The monoisotopic (exact) mass is 580 g/mol. The fourth-order valence-electron chi connectivity index (χ4n) is 4.15. The SMILES string of the molecule is CCCOc1nn(Cc2ccc(-c3ccccc3-c3nn[nH]n3)cc2)c(=O)c(C(C(=O)OCC)C(=O)OCC)c1Cl. The first-order valence-electron chi connectivity index (χ1n) is 13.1. The molecular weight excluding hydrogens is 552 g/mol. The summed E-state index contributed by atoms with van der Waals surface area (Å²) in [4.78, 5) is 39.3. The first kappa shape index (κ1) is 29.4. The second-order valence-electron chi connectivity index (χ2n) is 8.76. The standard InChI is InChI=1S/C28H29ClN6O6/c1-4-15-41-25-23(29)21(22(27(37)39-5-2)28(38)40-6-3)26(36)35(32-25)16-17-11-13-18(14-12-17)19-9-7-8-10-20(19)24-30-33-34-31-24/h7-14,22H,4-6,15-16H2,1-3H3,(H,30,31,33,34). The zero-order valence-corrected chi connectivity index (χ0v) is 23.6. The highest BCUT2D eigenvalue weighted by atomic mass is 35.5. The Morgan fingerprint density at radius 3 is 2.22 bits per heavy atom. The Balaban J connectivity index is 1.74. The van der Waals surface area contributed by atoms with Crippen LogP contribution in [0.25, 0.3) is 22.5 Å². The Morgan fingerprint density at radius 2 is 1.63 bits per heavy atom. The lowest BCUT2D eigenvalue weighted by molar-refractivity contribution is -0.157. The van der Waals surface area contributed by atoms with Crippen molar-refractivity contribution in [3.05, 3.63) is 75.0 Å². The number of aromatic nitrogens is 6. The molecule has 0 spiro atoms. The first-order chi connectivity index (χ1) is 19.9. The smallest absolute Gasteiger partial charge is 0.325 e. The van der Waals surface area contributed by atoms with Crippen LogP contribution < -0.4 is 10.3 Å². The number of halogens is 1. The van der Waals surface area contributed by atoms with Gasteiger partial charge in [0.1, 0.15) is 5.02 Å². The van der Waals surface area contributed by atoms with Gasteiger partial charge in [0.05, 0.1) is 31.9 Å². The van der Waals surface area contributed by atoms with E-state index in [0.29, 0.717) is 12.2 Å². The summed E-state index contributed by atoms with van der Waals surface area (Å²) >= 11 is 6.52. The highest BCUT2D eigenvalue weighted by Gasteiger charge is 2.38. The summed E-state index contributed by atoms with van der Waals surface area (Å²) in [5.74, 6) is -3.21. The Hall–Kier alpha value is -4.58. The molecule has 1 N–H and O–H groups in total. The van der Waals surface area contributed by atoms with Crippen LogP contribution >= 0.6 is 11.6 Å². The van der Waals surface area contributed by atoms with Crippen molar-refractivity contribution < 1.29 is 23.8 Å². The number of hydrogen-bond acceptors (Lipinski definition) is 10. The van der Waals surface area contributed by atoms with E-state index in [4.69, 9.17) is 25.8 Å². The molecule has 0 atom stereocenters. The van der Waals surface area contributed by atoms with Gasteiger partial charge in [0.2, 0.25) is 5.82 Å². The van der Waals surface area contributed by atoms with E-state index in [1.807, 2.05) is 55.5 Å². The molecule has 13 heteroatoms. The Bertz CT molecular complexity index is 1540. The van der Waals surface area contributed by atoms with Gasteiger partial charge in [-0.1, -0.05) is 67.1 Å². The molecule has 0 aliphatic heterocycles. The molecular formula is C28H29ClN6O6. The lowest BCUT2D eigenvalue weighted by atomic mass is 9.98. The topological polar surface area (TPSA) is 151 Å². The predicted octanol–water partition coefficient (Wildman–Crippen LogP) is 3.79. The maximum absolute atomic E-state index is 13.7. The van der Waals surface area contributed by atoms with Crippen LogP contribution in [0.2, 0.25) is 5.02 Å². The number of benzene rings is 2. The quantitative estimate of drug-likeness (QED) is 0.193. The zero-order valence-electron chi connectivity index (χ0n) is 22.8. The molecule has 12 nitrogen and oxygen atoms in total. The Labute approximate surface area is 240 Å². The third kappa shape index (κ3) is 6.60. The second kappa shape index (κ2) is 13.7. The first-order valence-corrected chi connectivity index (χ1v) is 13.5. The number of carbonyl (C=O) groups is 2. The number of tetrazole rings is 1. The van der Waals surface area contributed by atoms with Crippen molar-refractivity contribution in [2.45, 2.75) is 39.7 Å². The number of H-pyrrole nitrogens is 1. The summed E-state index contributed by atoms with van der Waals surface area (Å²) in [5, 5.41) is 18.3. The minimum atomic E-state index is -1.70. The molecule has 41 heavy (non-hydrogen) atoms. The van der Waals surface area contributed by atoms with Crippen LogP contribution in [0.3, 0.4) is 0 Å². The molecule has 4 aromatic rings. The van der Waals surface area contributed by atoms with Gasteiger partial charge in [0, 0.05) is 5.56 Å². The average molecular weight is 581 g/mol. The van der Waals surface area contributed by atoms with Gasteiger partial charge in [-0.15, -0.1) is 15.3 Å². The third-order valence-corrected chi connectivity index (χ3v) is 6.35. The van der Waals surface area contributed by atoms with Gasteiger partial charge < -0.3 is 14.2 Å². The molecule has 4 rings (SSSR count). The van der Waals surface area contributed by atoms with Crippen molar-refractivity contribution in [3.63, 3.8) is 0 Å². The second-order valence-corrected chi connectivity index (χ2v) is 9.14. The van der Waals surface area contributed by atoms with Crippen LogP contribution in [0.4, 0.5) is 0 Å². The summed E-state index contributed by atoms with van der Waals surface area (Å²) in [7, 11) is 0. The van der Waals surface area contributed by atoms with Gasteiger partial charge in [-0.2, -0.15) is 5.21 Å². The van der Waals surface area contributed by atoms with E-state index in [1.54, 1.807) is 13.8 Å². The predicted molar refractivity (Wildman–Crippen MR) is 149 cm³/mol. The summed E-state index contributed by atoms with van der Waals surface area (Å²) in [5.41, 5.74) is 2.26. The number of carbonyl (C=O) groups excluding carboxylic acids is 2. The molecule has 2 aromatic heterocycles. The maximum atomic E-state index is 13.7. The molecule has 0 amide bonds. The van der Waals surface area contributed by atoms with Gasteiger partial charge in [-0.3, -0.25) is 14.4 Å². The van der Waals surface area contributed by atoms with Gasteiger partial charge in [0.15, 0.2) is 5.92 Å². The molecule has 2 aromatic carbocycles. The van der Waals surface area contributed by atoms with Crippen LogP contribution in [0.1, 0.15) is 44.2 Å². The normalized spacial score (nSPS) is 11.0. The highest BCUT2D eigenvalue weighted by molar-refractivity contribution is 6.33. The molecule has 0 aliphatic carbocycles. The van der Waals surface area contributed by atoms with Crippen LogP contribution in [-0.2, 0) is 25.6 Å². The van der Waals surface area contributed by atoms with E-state index in [-0.39, 0.29) is 42.8 Å². The van der Waals surface area contributed by atoms with E-state index in [9.17, 15) is 14.4 Å². The van der Waals surface area contributed by atoms with Crippen molar-refractivity contribution in [2.24, 2.45) is 0 Å². The lowest BCUT2D eigenvalue weighted by Crippen LogP contribution is -2.36. The van der Waals surface area contributed by atoms with Crippen molar-refractivity contribution in [3.8, 4) is 28.4 Å². The Kier molecular flexibility index (Phi) is 9.80. The number of esters is 2. The number of nitrogens with zero attached hydrogens (tertiary/aromatic N) is 5. The minimum Gasteiger partial charge on any atom is -0.476 e. The van der Waals surface area contributed by atoms with Crippen LogP contribution in [-0.4, -0.2) is 62.2 Å². The van der Waals surface area contributed by atoms with E-state index in [0.717, 1.165) is 26.9 Å². The molecule has 0 aliphatic rings. The van der Waals surface area contributed by atoms with Gasteiger partial charge in [0.25, 0.3) is 11.4 Å². The number of ether oxygens (including phenoxy) is 3. The zero-order chi connectivity index (χ0) is 29.4. The highest BCUT2D eigenvalue weighted by Crippen LogP contribution is 2.32. The lowest BCUT2D eigenvalue weighted by Gasteiger charge is -2.18. The molecule has 2 heterocycles. The number of rotatable bonds is 12. The largest absolute Gasteiger partial charge is 0.476 e. The van der Waals surface area contributed by atoms with E-state index < -0.39 is 23.4 Å². The Morgan fingerprint density at radius 1 is 0.976 bits per heavy atom. The fourth-order valence-corrected chi connectivity index (χ4v) is 4.43. The van der Waals surface area contributed by atoms with Gasteiger partial charge in [-0.05, 0) is 42.2 Å². The molecule has 0 bridgehead atoms. The van der Waals surface area contributed by atoms with E-state index >= 15 is 0 Å². The summed E-state index contributed by atoms with van der Waals surface area (Å²) in [6.45, 7) is 5.32. The van der Waals surface area contributed by atoms with Crippen LogP contribution in [0.5, 0.6) is 5.88 Å². The molecule has 0 saturated heterocycles. The summed E-state index contributed by atoms with van der Waals surface area (Å²) in [6.07, 6.45) is 0.637. The van der Waals surface area contributed by atoms with E-state index in [2.05, 4.69) is 25.7 Å². The van der Waals surface area contributed by atoms with Crippen LogP contribution in [0, 0.1) is 0 Å². The molecule has 214 valence electrons. The van der Waals surface area contributed by atoms with Crippen molar-refractivity contribution in [1.29, 1.82) is 0 Å². The molecule has 0 radical (unpaired) electrons. The minimum absolute atomic E-state index is 0.00692. The molecule has 0 saturated carbocycles. The summed E-state index contributed by atoms with van der Waals surface area (Å²) < 4.78 is 17.0. The molecule has 0 unspecified atom stereocenters. The number of nitrogens with one attached hydrogen (secondary N) is 1. The van der Waals surface area contributed by atoms with Gasteiger partial charge >= 0.3 is 11.9 Å². The van der Waals surface area contributed by atoms with Crippen molar-refractivity contribution >= 4 is 23.5 Å². The number of hydrogen-bond donors (Lipinski definition) is 1. The maximum Gasteiger partial charge on any atom is 0.325 e.